The van der Waals surface area contributed by atoms with E-state index in [9.17, 15) is 14.4 Å². The molecule has 0 saturated carbocycles. The van der Waals surface area contributed by atoms with Crippen LogP contribution < -0.4 is 21.3 Å². The molecule has 0 spiro atoms. The van der Waals surface area contributed by atoms with E-state index in [1.54, 1.807) is 0 Å². The average Bonchev–Trinajstić information content (AvgIpc) is 2.37. The van der Waals surface area contributed by atoms with Crippen molar-refractivity contribution in [2.45, 2.75) is 39.5 Å². The van der Waals surface area contributed by atoms with E-state index in [0.29, 0.717) is 26.2 Å². The summed E-state index contributed by atoms with van der Waals surface area (Å²) in [5.41, 5.74) is 0. The highest BCUT2D eigenvalue weighted by atomic mass is 16.2. The Labute approximate surface area is 120 Å². The Balaban J connectivity index is 3.24. The molecule has 116 valence electrons. The molecule has 0 heterocycles. The van der Waals surface area contributed by atoms with Crippen molar-refractivity contribution in [3.8, 4) is 0 Å². The zero-order valence-corrected chi connectivity index (χ0v) is 12.4. The molecule has 0 aromatic rings. The third-order valence-electron chi connectivity index (χ3n) is 2.53. The number of carbonyl (C=O) groups excluding carboxylic acids is 3. The summed E-state index contributed by atoms with van der Waals surface area (Å²) in [5.74, 6) is -0.0649. The van der Waals surface area contributed by atoms with Crippen molar-refractivity contribution in [3.05, 3.63) is 0 Å². The van der Waals surface area contributed by atoms with E-state index in [1.165, 1.54) is 13.8 Å². The lowest BCUT2D eigenvalue weighted by atomic mass is 10.3. The Hall–Kier alpha value is -1.79. The molecule has 0 aromatic carbocycles. The third kappa shape index (κ3) is 14.3. The lowest BCUT2D eigenvalue weighted by Gasteiger charge is -2.08. The van der Waals surface area contributed by atoms with E-state index >= 15 is 0 Å². The molecular formula is C13H26N4O3. The fourth-order valence-electron chi connectivity index (χ4n) is 1.50. The van der Waals surface area contributed by atoms with Gasteiger partial charge in [-0.3, -0.25) is 9.59 Å². The smallest absolute Gasteiger partial charge is 0.314 e. The van der Waals surface area contributed by atoms with Gasteiger partial charge in [-0.15, -0.1) is 0 Å². The summed E-state index contributed by atoms with van der Waals surface area (Å²) in [6.45, 7) is 5.44. The lowest BCUT2D eigenvalue weighted by molar-refractivity contribution is -0.119. The van der Waals surface area contributed by atoms with Crippen LogP contribution in [0.1, 0.15) is 39.5 Å². The molecule has 0 radical (unpaired) electrons. The maximum Gasteiger partial charge on any atom is 0.314 e. The van der Waals surface area contributed by atoms with Gasteiger partial charge in [0.05, 0.1) is 0 Å². The number of carbonyl (C=O) groups is 3. The van der Waals surface area contributed by atoms with Crippen LogP contribution in [0.3, 0.4) is 0 Å². The van der Waals surface area contributed by atoms with Gasteiger partial charge in [-0.25, -0.2) is 4.79 Å². The molecule has 0 aliphatic rings. The van der Waals surface area contributed by atoms with Crippen LogP contribution in [0.15, 0.2) is 0 Å². The molecule has 0 aliphatic carbocycles. The van der Waals surface area contributed by atoms with Crippen molar-refractivity contribution in [2.24, 2.45) is 0 Å². The van der Waals surface area contributed by atoms with Crippen LogP contribution in [0.4, 0.5) is 4.79 Å². The van der Waals surface area contributed by atoms with Crippen molar-refractivity contribution in [3.63, 3.8) is 0 Å². The number of unbranched alkanes of at least 4 members (excludes halogenated alkanes) is 2. The van der Waals surface area contributed by atoms with Crippen molar-refractivity contribution >= 4 is 17.8 Å². The summed E-state index contributed by atoms with van der Waals surface area (Å²) in [7, 11) is 0. The molecule has 0 aliphatic heterocycles. The van der Waals surface area contributed by atoms with Gasteiger partial charge in [0, 0.05) is 40.0 Å². The summed E-state index contributed by atoms with van der Waals surface area (Å²) in [4.78, 5) is 32.6. The first-order valence-electron chi connectivity index (χ1n) is 7.03. The van der Waals surface area contributed by atoms with Gasteiger partial charge >= 0.3 is 6.03 Å². The average molecular weight is 286 g/mol. The molecule has 0 saturated heterocycles. The van der Waals surface area contributed by atoms with Gasteiger partial charge < -0.3 is 21.3 Å². The fraction of sp³-hybridized carbons (Fsp3) is 0.769. The Bertz CT molecular complexity index is 280. The normalized spacial score (nSPS) is 9.70. The third-order valence-corrected chi connectivity index (χ3v) is 2.53. The van der Waals surface area contributed by atoms with Crippen molar-refractivity contribution in [2.75, 3.05) is 26.2 Å². The maximum atomic E-state index is 11.4. The van der Waals surface area contributed by atoms with Gasteiger partial charge in [-0.1, -0.05) is 0 Å². The molecule has 7 nitrogen and oxygen atoms in total. The Morgan fingerprint density at radius 1 is 0.600 bits per heavy atom. The molecule has 0 fully saturated rings. The van der Waals surface area contributed by atoms with E-state index < -0.39 is 0 Å². The minimum atomic E-state index is -0.177. The van der Waals surface area contributed by atoms with Crippen LogP contribution in [-0.4, -0.2) is 44.0 Å². The van der Waals surface area contributed by atoms with Gasteiger partial charge in [0.1, 0.15) is 0 Å². The van der Waals surface area contributed by atoms with Crippen LogP contribution in [-0.2, 0) is 9.59 Å². The molecule has 0 aromatic heterocycles. The van der Waals surface area contributed by atoms with Crippen LogP contribution in [0.5, 0.6) is 0 Å². The fourth-order valence-corrected chi connectivity index (χ4v) is 1.50. The predicted octanol–water partition coefficient (Wildman–Crippen LogP) is 0.118. The Kier molecular flexibility index (Phi) is 11.2. The first kappa shape index (κ1) is 18.2. The molecular weight excluding hydrogens is 260 g/mol. The summed E-state index contributed by atoms with van der Waals surface area (Å²) in [6, 6.07) is -0.177. The topological polar surface area (TPSA) is 99.3 Å². The summed E-state index contributed by atoms with van der Waals surface area (Å²) < 4.78 is 0. The van der Waals surface area contributed by atoms with Gasteiger partial charge in [0.15, 0.2) is 0 Å². The molecule has 4 N–H and O–H groups in total. The second-order valence-electron chi connectivity index (χ2n) is 4.56. The number of urea groups is 1. The number of rotatable bonds is 10. The molecule has 0 bridgehead atoms. The second kappa shape index (κ2) is 12.3. The standard InChI is InChI=1S/C13H26N4O3/c1-11(18)14-7-3-5-9-16-13(20)17-10-6-4-8-15-12(2)19/h3-10H2,1-2H3,(H,14,18)(H,15,19)(H2,16,17,20). The molecule has 0 rings (SSSR count). The van der Waals surface area contributed by atoms with Crippen molar-refractivity contribution < 1.29 is 14.4 Å². The molecule has 20 heavy (non-hydrogen) atoms. The maximum absolute atomic E-state index is 11.4. The first-order valence-corrected chi connectivity index (χ1v) is 7.03. The van der Waals surface area contributed by atoms with E-state index in [0.717, 1.165) is 25.7 Å². The van der Waals surface area contributed by atoms with Crippen LogP contribution in [0.2, 0.25) is 0 Å². The van der Waals surface area contributed by atoms with Gasteiger partial charge in [0.2, 0.25) is 11.8 Å². The molecule has 0 unspecified atom stereocenters. The summed E-state index contributed by atoms with van der Waals surface area (Å²) in [5, 5.41) is 10.9. The van der Waals surface area contributed by atoms with E-state index in [4.69, 9.17) is 0 Å². The van der Waals surface area contributed by atoms with E-state index in [-0.39, 0.29) is 17.8 Å². The second-order valence-corrected chi connectivity index (χ2v) is 4.56. The van der Waals surface area contributed by atoms with Crippen LogP contribution in [0, 0.1) is 0 Å². The van der Waals surface area contributed by atoms with Crippen LogP contribution in [0.25, 0.3) is 0 Å². The predicted molar refractivity (Wildman–Crippen MR) is 77.2 cm³/mol. The van der Waals surface area contributed by atoms with E-state index in [1.807, 2.05) is 0 Å². The lowest BCUT2D eigenvalue weighted by Crippen LogP contribution is -2.37. The minimum Gasteiger partial charge on any atom is -0.356 e. The SMILES string of the molecule is CC(=O)NCCCCNC(=O)NCCCCNC(C)=O. The molecule has 7 heteroatoms. The highest BCUT2D eigenvalue weighted by molar-refractivity contribution is 5.74. The highest BCUT2D eigenvalue weighted by Crippen LogP contribution is 1.86. The molecule has 4 amide bonds. The number of amides is 4. The van der Waals surface area contributed by atoms with Crippen molar-refractivity contribution in [1.29, 1.82) is 0 Å². The largest absolute Gasteiger partial charge is 0.356 e. The van der Waals surface area contributed by atoms with Gasteiger partial charge in [0.25, 0.3) is 0 Å². The monoisotopic (exact) mass is 286 g/mol. The zero-order chi connectivity index (χ0) is 15.2. The summed E-state index contributed by atoms with van der Waals surface area (Å²) in [6.07, 6.45) is 3.35. The van der Waals surface area contributed by atoms with Gasteiger partial charge in [-0.2, -0.15) is 0 Å². The number of hydrogen-bond acceptors (Lipinski definition) is 3. The quantitative estimate of drug-likeness (QED) is 0.429. The Morgan fingerprint density at radius 2 is 0.900 bits per heavy atom. The minimum absolute atomic E-state index is 0.0324. The van der Waals surface area contributed by atoms with Crippen LogP contribution >= 0.6 is 0 Å². The van der Waals surface area contributed by atoms with Crippen molar-refractivity contribution in [1.82, 2.24) is 21.3 Å². The highest BCUT2D eigenvalue weighted by Gasteiger charge is 1.99. The summed E-state index contributed by atoms with van der Waals surface area (Å²) >= 11 is 0. The number of hydrogen-bond donors (Lipinski definition) is 4. The Morgan fingerprint density at radius 3 is 1.20 bits per heavy atom. The van der Waals surface area contributed by atoms with E-state index in [2.05, 4.69) is 21.3 Å². The zero-order valence-electron chi connectivity index (χ0n) is 12.4. The molecule has 0 atom stereocenters. The first-order chi connectivity index (χ1) is 9.52. The van der Waals surface area contributed by atoms with Gasteiger partial charge in [-0.05, 0) is 25.7 Å². The number of nitrogens with one attached hydrogen (secondary N) is 4.